The lowest BCUT2D eigenvalue weighted by Gasteiger charge is -2.26. The largest absolute Gasteiger partial charge is 0.478 e. The second-order valence-electron chi connectivity index (χ2n) is 6.78. The van der Waals surface area contributed by atoms with Gasteiger partial charge in [0.2, 0.25) is 0 Å². The molecule has 0 aliphatic carbocycles. The van der Waals surface area contributed by atoms with Crippen LogP contribution in [-0.2, 0) is 15.3 Å². The van der Waals surface area contributed by atoms with Crippen LogP contribution >= 0.6 is 23.5 Å². The van der Waals surface area contributed by atoms with E-state index in [1.54, 1.807) is 43.0 Å². The van der Waals surface area contributed by atoms with Gasteiger partial charge in [0.1, 0.15) is 6.04 Å². The zero-order valence-corrected chi connectivity index (χ0v) is 19.2. The van der Waals surface area contributed by atoms with Gasteiger partial charge >= 0.3 is 11.9 Å². The number of esters is 1. The molecule has 0 aromatic heterocycles. The maximum Gasteiger partial charge on any atom is 0.338 e. The van der Waals surface area contributed by atoms with E-state index < -0.39 is 12.0 Å². The van der Waals surface area contributed by atoms with Gasteiger partial charge < -0.3 is 15.2 Å². The van der Waals surface area contributed by atoms with Crippen LogP contribution in [0.4, 0.5) is 0 Å². The molecule has 6 nitrogen and oxygen atoms in total. The van der Waals surface area contributed by atoms with E-state index in [0.717, 1.165) is 21.7 Å². The number of carboxylic acid groups (broad SMARTS) is 1. The van der Waals surface area contributed by atoms with Crippen LogP contribution in [0, 0.1) is 0 Å². The van der Waals surface area contributed by atoms with Gasteiger partial charge in [0, 0.05) is 16.3 Å². The Hall–Kier alpha value is -2.71. The highest BCUT2D eigenvalue weighted by Gasteiger charge is 2.30. The van der Waals surface area contributed by atoms with E-state index in [4.69, 9.17) is 14.8 Å². The number of hydrogen-bond acceptors (Lipinski definition) is 7. The van der Waals surface area contributed by atoms with Crippen molar-refractivity contribution in [2.75, 3.05) is 12.9 Å². The zero-order chi connectivity index (χ0) is 22.4. The minimum atomic E-state index is -0.944. The van der Waals surface area contributed by atoms with E-state index in [2.05, 4.69) is 5.32 Å². The van der Waals surface area contributed by atoms with E-state index in [0.29, 0.717) is 23.1 Å². The highest BCUT2D eigenvalue weighted by atomic mass is 32.2. The molecule has 3 rings (SSSR count). The molecule has 1 aliphatic rings. The lowest BCUT2D eigenvalue weighted by Crippen LogP contribution is -2.30. The molecule has 0 saturated carbocycles. The predicted octanol–water partition coefficient (Wildman–Crippen LogP) is 4.88. The van der Waals surface area contributed by atoms with E-state index in [1.165, 1.54) is 11.8 Å². The van der Waals surface area contributed by atoms with Crippen molar-refractivity contribution in [3.8, 4) is 0 Å². The summed E-state index contributed by atoms with van der Waals surface area (Å²) < 4.78 is 5.28. The van der Waals surface area contributed by atoms with Crippen molar-refractivity contribution in [1.29, 1.82) is 0 Å². The fourth-order valence-electron chi connectivity index (χ4n) is 3.12. The molecule has 2 aromatic carbocycles. The fraction of sp³-hybridized carbons (Fsp3) is 0.261. The number of benzene rings is 2. The molecule has 0 bridgehead atoms. The van der Waals surface area contributed by atoms with Gasteiger partial charge in [0.05, 0.1) is 17.7 Å². The number of nitrogens with one attached hydrogen (secondary N) is 1. The second kappa shape index (κ2) is 10.5. The van der Waals surface area contributed by atoms with Gasteiger partial charge in [-0.05, 0) is 55.5 Å². The first-order valence-electron chi connectivity index (χ1n) is 9.74. The summed E-state index contributed by atoms with van der Waals surface area (Å²) in [5, 5.41) is 13.0. The van der Waals surface area contributed by atoms with Gasteiger partial charge in [0.15, 0.2) is 5.17 Å². The summed E-state index contributed by atoms with van der Waals surface area (Å²) in [6, 6.07) is 14.3. The van der Waals surface area contributed by atoms with Crippen LogP contribution < -0.4 is 5.32 Å². The molecule has 1 heterocycles. The quantitative estimate of drug-likeness (QED) is 0.454. The highest BCUT2D eigenvalue weighted by molar-refractivity contribution is 8.13. The zero-order valence-electron chi connectivity index (χ0n) is 17.5. The number of thioether (sulfide) groups is 2. The molecule has 0 fully saturated rings. The van der Waals surface area contributed by atoms with Crippen LogP contribution in [0.5, 0.6) is 0 Å². The van der Waals surface area contributed by atoms with Crippen molar-refractivity contribution in [3.63, 3.8) is 0 Å². The van der Waals surface area contributed by atoms with Gasteiger partial charge in [-0.15, -0.1) is 11.8 Å². The third-order valence-corrected chi connectivity index (χ3v) is 6.42. The van der Waals surface area contributed by atoms with Gasteiger partial charge in [-0.25, -0.2) is 14.6 Å². The molecular formula is C23H24N2O4S2. The lowest BCUT2D eigenvalue weighted by atomic mass is 9.97. The standard InChI is InChI=1S/C23H24N2O4S2/c1-4-29-22(28)19-14(2)24-23(25-20(19)16-9-11-18(30-3)12-10-16)31-13-15-5-7-17(8-6-15)21(26)27/h5-12,20H,4,13H2,1-3H3,(H,24,25)(H,26,27)/t20-/m1/s1. The third kappa shape index (κ3) is 5.71. The van der Waals surface area contributed by atoms with Crippen LogP contribution in [0.3, 0.4) is 0 Å². The fourth-order valence-corrected chi connectivity index (χ4v) is 4.43. The number of carbonyl (C=O) groups is 2. The van der Waals surface area contributed by atoms with E-state index in [1.807, 2.05) is 37.4 Å². The molecule has 162 valence electrons. The summed E-state index contributed by atoms with van der Waals surface area (Å²) in [7, 11) is 0. The topological polar surface area (TPSA) is 88.0 Å². The normalized spacial score (nSPS) is 15.8. The summed E-state index contributed by atoms with van der Waals surface area (Å²) in [4.78, 5) is 29.6. The van der Waals surface area contributed by atoms with Gasteiger partial charge in [0.25, 0.3) is 0 Å². The molecule has 1 aliphatic heterocycles. The number of aromatic carboxylic acids is 1. The van der Waals surface area contributed by atoms with E-state index >= 15 is 0 Å². The summed E-state index contributed by atoms with van der Waals surface area (Å²) in [5.74, 6) is -0.699. The van der Waals surface area contributed by atoms with Crippen molar-refractivity contribution in [2.24, 2.45) is 4.99 Å². The Morgan fingerprint density at radius 1 is 1.13 bits per heavy atom. The van der Waals surface area contributed by atoms with Crippen molar-refractivity contribution >= 4 is 40.6 Å². The van der Waals surface area contributed by atoms with Crippen LogP contribution in [0.15, 0.2) is 69.7 Å². The summed E-state index contributed by atoms with van der Waals surface area (Å²) in [5.41, 5.74) is 3.39. The van der Waals surface area contributed by atoms with Crippen molar-refractivity contribution < 1.29 is 19.4 Å². The molecule has 2 N–H and O–H groups in total. The Bertz CT molecular complexity index is 1010. The first-order valence-corrected chi connectivity index (χ1v) is 12.0. The highest BCUT2D eigenvalue weighted by Crippen LogP contribution is 2.34. The number of hydrogen-bond donors (Lipinski definition) is 2. The van der Waals surface area contributed by atoms with Gasteiger partial charge in [-0.1, -0.05) is 36.0 Å². The number of carbonyl (C=O) groups excluding carboxylic acids is 1. The molecular weight excluding hydrogens is 432 g/mol. The predicted molar refractivity (Wildman–Crippen MR) is 126 cm³/mol. The third-order valence-electron chi connectivity index (χ3n) is 4.72. The SMILES string of the molecule is CCOC(=O)C1=C(C)NC(SCc2ccc(C(=O)O)cc2)=N[C@@H]1c1ccc(SC)cc1. The average Bonchev–Trinajstić information content (AvgIpc) is 2.77. The molecule has 8 heteroatoms. The van der Waals surface area contributed by atoms with Crippen LogP contribution in [0.25, 0.3) is 0 Å². The Labute approximate surface area is 190 Å². The number of allylic oxidation sites excluding steroid dienone is 1. The molecule has 0 amide bonds. The molecule has 0 spiro atoms. The molecule has 0 saturated heterocycles. The molecule has 2 aromatic rings. The first kappa shape index (κ1) is 23.0. The maximum atomic E-state index is 12.6. The van der Waals surface area contributed by atoms with Crippen LogP contribution in [0.2, 0.25) is 0 Å². The number of rotatable bonds is 7. The number of ether oxygens (including phenoxy) is 1. The molecule has 31 heavy (non-hydrogen) atoms. The van der Waals surface area contributed by atoms with Crippen molar-refractivity contribution in [2.45, 2.75) is 30.5 Å². The first-order chi connectivity index (χ1) is 14.9. The number of aliphatic imine (C=N–C) groups is 1. The summed E-state index contributed by atoms with van der Waals surface area (Å²) >= 11 is 3.16. The maximum absolute atomic E-state index is 12.6. The number of amidine groups is 1. The Kier molecular flexibility index (Phi) is 7.81. The van der Waals surface area contributed by atoms with Crippen LogP contribution in [0.1, 0.15) is 41.4 Å². The molecule has 0 unspecified atom stereocenters. The van der Waals surface area contributed by atoms with Crippen molar-refractivity contribution in [1.82, 2.24) is 5.32 Å². The van der Waals surface area contributed by atoms with Gasteiger partial charge in [-0.2, -0.15) is 0 Å². The molecule has 1 atom stereocenters. The van der Waals surface area contributed by atoms with Crippen LogP contribution in [-0.4, -0.2) is 35.1 Å². The average molecular weight is 457 g/mol. The second-order valence-corrected chi connectivity index (χ2v) is 8.63. The Morgan fingerprint density at radius 3 is 2.39 bits per heavy atom. The van der Waals surface area contributed by atoms with E-state index in [9.17, 15) is 9.59 Å². The summed E-state index contributed by atoms with van der Waals surface area (Å²) in [6.45, 7) is 3.93. The number of carboxylic acids is 1. The lowest BCUT2D eigenvalue weighted by molar-refractivity contribution is -0.138. The van der Waals surface area contributed by atoms with Gasteiger partial charge in [-0.3, -0.25) is 0 Å². The van der Waals surface area contributed by atoms with Crippen molar-refractivity contribution in [3.05, 3.63) is 76.5 Å². The minimum absolute atomic E-state index is 0.258. The smallest absolute Gasteiger partial charge is 0.338 e. The van der Waals surface area contributed by atoms with E-state index in [-0.39, 0.29) is 11.5 Å². The molecule has 0 radical (unpaired) electrons. The monoisotopic (exact) mass is 456 g/mol. The minimum Gasteiger partial charge on any atom is -0.478 e. The number of nitrogens with zero attached hydrogens (tertiary/aromatic N) is 1. The Balaban J connectivity index is 1.84. The summed E-state index contributed by atoms with van der Waals surface area (Å²) in [6.07, 6.45) is 2.02. The Morgan fingerprint density at radius 2 is 1.81 bits per heavy atom.